The molecule has 0 aliphatic carbocycles. The summed E-state index contributed by atoms with van der Waals surface area (Å²) in [4.78, 5) is 11.5. The van der Waals surface area contributed by atoms with E-state index in [1.54, 1.807) is 6.07 Å². The van der Waals surface area contributed by atoms with Gasteiger partial charge in [0, 0.05) is 17.3 Å². The fourth-order valence-corrected chi connectivity index (χ4v) is 1.45. The Hall–Kier alpha value is -1.99. The van der Waals surface area contributed by atoms with E-state index in [1.165, 1.54) is 0 Å². The minimum absolute atomic E-state index is 0.0980. The van der Waals surface area contributed by atoms with Crippen LogP contribution in [0.3, 0.4) is 0 Å². The van der Waals surface area contributed by atoms with Crippen LogP contribution in [0.1, 0.15) is 25.0 Å². The Balaban J connectivity index is 2.75. The van der Waals surface area contributed by atoms with Crippen LogP contribution in [0.5, 0.6) is 0 Å². The summed E-state index contributed by atoms with van der Waals surface area (Å²) in [6.45, 7) is 5.56. The van der Waals surface area contributed by atoms with E-state index < -0.39 is 0 Å². The molecule has 0 spiro atoms. The van der Waals surface area contributed by atoms with E-state index in [-0.39, 0.29) is 18.7 Å². The Morgan fingerprint density at radius 2 is 2.17 bits per heavy atom. The maximum absolute atomic E-state index is 11.5. The number of rotatable bonds is 2. The van der Waals surface area contributed by atoms with Gasteiger partial charge in [-0.3, -0.25) is 0 Å². The van der Waals surface area contributed by atoms with E-state index in [9.17, 15) is 4.79 Å². The number of aliphatic hydroxyl groups excluding tert-OH is 1. The van der Waals surface area contributed by atoms with Gasteiger partial charge in [-0.25, -0.2) is 4.79 Å². The molecule has 0 saturated heterocycles. The van der Waals surface area contributed by atoms with Crippen LogP contribution in [0.15, 0.2) is 18.2 Å². The predicted octanol–water partition coefficient (Wildman–Crippen LogP) is 1.87. The van der Waals surface area contributed by atoms with Gasteiger partial charge in [0.1, 0.15) is 6.61 Å². The van der Waals surface area contributed by atoms with Crippen LogP contribution in [0.4, 0.5) is 10.5 Å². The van der Waals surface area contributed by atoms with Crippen LogP contribution in [0.25, 0.3) is 0 Å². The topological polar surface area (TPSA) is 61.4 Å². The van der Waals surface area contributed by atoms with Crippen LogP contribution in [0, 0.1) is 18.8 Å². The van der Waals surface area contributed by atoms with Gasteiger partial charge in [-0.15, -0.1) is 0 Å². The molecule has 4 nitrogen and oxygen atoms in total. The van der Waals surface area contributed by atoms with Gasteiger partial charge >= 0.3 is 6.03 Å². The number of nitrogens with one attached hydrogen (secondary N) is 2. The van der Waals surface area contributed by atoms with Gasteiger partial charge < -0.3 is 15.7 Å². The molecule has 4 heteroatoms. The second-order valence-corrected chi connectivity index (χ2v) is 4.24. The first-order valence-corrected chi connectivity index (χ1v) is 5.81. The van der Waals surface area contributed by atoms with Crippen molar-refractivity contribution < 1.29 is 9.90 Å². The van der Waals surface area contributed by atoms with E-state index >= 15 is 0 Å². The number of urea groups is 1. The van der Waals surface area contributed by atoms with Crippen LogP contribution in [0.2, 0.25) is 0 Å². The van der Waals surface area contributed by atoms with E-state index in [0.29, 0.717) is 0 Å². The summed E-state index contributed by atoms with van der Waals surface area (Å²) in [5, 5.41) is 14.1. The van der Waals surface area contributed by atoms with E-state index in [1.807, 2.05) is 32.9 Å². The molecule has 0 bridgehead atoms. The number of carbonyl (C=O) groups is 1. The Kier molecular flexibility index (Phi) is 5.22. The molecule has 0 radical (unpaired) electrons. The van der Waals surface area contributed by atoms with Crippen molar-refractivity contribution in [1.29, 1.82) is 0 Å². The zero-order chi connectivity index (χ0) is 13.5. The van der Waals surface area contributed by atoms with Gasteiger partial charge in [-0.1, -0.05) is 11.8 Å². The lowest BCUT2D eigenvalue weighted by molar-refractivity contribution is 0.250. The van der Waals surface area contributed by atoms with Gasteiger partial charge in [0.05, 0.1) is 0 Å². The number of amides is 2. The second-order valence-electron chi connectivity index (χ2n) is 4.24. The van der Waals surface area contributed by atoms with Crippen LogP contribution in [-0.2, 0) is 0 Å². The zero-order valence-electron chi connectivity index (χ0n) is 10.9. The monoisotopic (exact) mass is 246 g/mol. The third-order valence-electron chi connectivity index (χ3n) is 2.21. The molecule has 0 unspecified atom stereocenters. The summed E-state index contributed by atoms with van der Waals surface area (Å²) in [6.07, 6.45) is 0. The van der Waals surface area contributed by atoms with Crippen LogP contribution >= 0.6 is 0 Å². The first kappa shape index (κ1) is 14.1. The quantitative estimate of drug-likeness (QED) is 0.698. The highest BCUT2D eigenvalue weighted by atomic mass is 16.2. The highest BCUT2D eigenvalue weighted by Crippen LogP contribution is 2.14. The fraction of sp³-hybridized carbons (Fsp3) is 0.357. The maximum atomic E-state index is 11.5. The smallest absolute Gasteiger partial charge is 0.319 e. The molecular formula is C14H18N2O2. The third-order valence-corrected chi connectivity index (χ3v) is 2.21. The number of hydrogen-bond donors (Lipinski definition) is 3. The minimum Gasteiger partial charge on any atom is -0.384 e. The van der Waals surface area contributed by atoms with Crippen molar-refractivity contribution in [3.8, 4) is 11.8 Å². The average molecular weight is 246 g/mol. The first-order valence-electron chi connectivity index (χ1n) is 5.81. The highest BCUT2D eigenvalue weighted by Gasteiger charge is 2.04. The van der Waals surface area contributed by atoms with Gasteiger partial charge in [-0.2, -0.15) is 0 Å². The van der Waals surface area contributed by atoms with Crippen LogP contribution < -0.4 is 10.6 Å². The summed E-state index contributed by atoms with van der Waals surface area (Å²) in [6, 6.07) is 5.33. The van der Waals surface area contributed by atoms with Crippen molar-refractivity contribution in [1.82, 2.24) is 5.32 Å². The minimum atomic E-state index is -0.224. The summed E-state index contributed by atoms with van der Waals surface area (Å²) in [7, 11) is 0. The molecule has 0 aliphatic heterocycles. The summed E-state index contributed by atoms with van der Waals surface area (Å²) >= 11 is 0. The first-order chi connectivity index (χ1) is 8.52. The lowest BCUT2D eigenvalue weighted by atomic mass is 10.1. The lowest BCUT2D eigenvalue weighted by Gasteiger charge is -2.11. The molecule has 0 atom stereocenters. The average Bonchev–Trinajstić information content (AvgIpc) is 2.26. The Bertz CT molecular complexity index is 484. The van der Waals surface area contributed by atoms with E-state index in [0.717, 1.165) is 16.8 Å². The molecule has 0 saturated carbocycles. The molecule has 18 heavy (non-hydrogen) atoms. The molecule has 1 aromatic carbocycles. The SMILES string of the molecule is Cc1cc(NC(=O)NC(C)C)ccc1C#CCO. The van der Waals surface area contributed by atoms with Crippen molar-refractivity contribution >= 4 is 11.7 Å². The van der Waals surface area contributed by atoms with Crippen molar-refractivity contribution in [2.45, 2.75) is 26.8 Å². The maximum Gasteiger partial charge on any atom is 0.319 e. The standard InChI is InChI=1S/C14H18N2O2/c1-10(2)15-14(18)16-13-7-6-12(5-4-8-17)11(3)9-13/h6-7,9-10,17H,8H2,1-3H3,(H2,15,16,18). The van der Waals surface area contributed by atoms with E-state index in [2.05, 4.69) is 22.5 Å². The third kappa shape index (κ3) is 4.48. The summed E-state index contributed by atoms with van der Waals surface area (Å²) in [5.74, 6) is 5.44. The molecule has 1 aromatic rings. The Morgan fingerprint density at radius 3 is 2.72 bits per heavy atom. The second kappa shape index (κ2) is 6.67. The van der Waals surface area contributed by atoms with Gasteiger partial charge in [0.15, 0.2) is 0 Å². The van der Waals surface area contributed by atoms with Gasteiger partial charge in [-0.05, 0) is 44.5 Å². The predicted molar refractivity (Wildman–Crippen MR) is 72.4 cm³/mol. The van der Waals surface area contributed by atoms with Crippen molar-refractivity contribution in [2.75, 3.05) is 11.9 Å². The summed E-state index contributed by atoms with van der Waals surface area (Å²) < 4.78 is 0. The fourth-order valence-electron chi connectivity index (χ4n) is 1.45. The number of anilines is 1. The molecule has 0 aromatic heterocycles. The number of aryl methyl sites for hydroxylation is 1. The molecule has 2 amide bonds. The highest BCUT2D eigenvalue weighted by molar-refractivity contribution is 5.89. The van der Waals surface area contributed by atoms with Crippen molar-refractivity contribution in [2.24, 2.45) is 0 Å². The number of hydrogen-bond acceptors (Lipinski definition) is 2. The number of benzene rings is 1. The largest absolute Gasteiger partial charge is 0.384 e. The molecular weight excluding hydrogens is 228 g/mol. The zero-order valence-corrected chi connectivity index (χ0v) is 10.9. The Morgan fingerprint density at radius 1 is 1.44 bits per heavy atom. The molecule has 0 fully saturated rings. The van der Waals surface area contributed by atoms with Gasteiger partial charge in [0.25, 0.3) is 0 Å². The molecule has 1 rings (SSSR count). The number of carbonyl (C=O) groups excluding carboxylic acids is 1. The normalized spacial score (nSPS) is 9.61. The molecule has 0 aliphatic rings. The Labute approximate surface area is 107 Å². The van der Waals surface area contributed by atoms with Gasteiger partial charge in [0.2, 0.25) is 0 Å². The van der Waals surface area contributed by atoms with Crippen LogP contribution in [-0.4, -0.2) is 23.8 Å². The molecule has 3 N–H and O–H groups in total. The molecule has 0 heterocycles. The van der Waals surface area contributed by atoms with E-state index in [4.69, 9.17) is 5.11 Å². The molecule has 96 valence electrons. The summed E-state index contributed by atoms with van der Waals surface area (Å²) in [5.41, 5.74) is 2.53. The van der Waals surface area contributed by atoms with Crippen molar-refractivity contribution in [3.63, 3.8) is 0 Å². The number of aliphatic hydroxyl groups is 1. The lowest BCUT2D eigenvalue weighted by Crippen LogP contribution is -2.34. The van der Waals surface area contributed by atoms with Crippen molar-refractivity contribution in [3.05, 3.63) is 29.3 Å².